The minimum absolute atomic E-state index is 0.0872. The second-order valence-electron chi connectivity index (χ2n) is 5.96. The highest BCUT2D eigenvalue weighted by Gasteiger charge is 2.08. The van der Waals surface area contributed by atoms with Gasteiger partial charge in [-0.3, -0.25) is 9.78 Å². The summed E-state index contributed by atoms with van der Waals surface area (Å²) in [4.78, 5) is 15.8. The van der Waals surface area contributed by atoms with E-state index < -0.39 is 5.82 Å². The monoisotopic (exact) mass is 368 g/mol. The Kier molecular flexibility index (Phi) is 6.10. The summed E-state index contributed by atoms with van der Waals surface area (Å²) in [5, 5.41) is 2.73. The molecule has 4 nitrogen and oxygen atoms in total. The summed E-state index contributed by atoms with van der Waals surface area (Å²) in [6.07, 6.45) is 3.76. The lowest BCUT2D eigenvalue weighted by Crippen LogP contribution is -2.23. The highest BCUT2D eigenvalue weighted by molar-refractivity contribution is 5.76. The predicted octanol–water partition coefficient (Wildman–Crippen LogP) is 4.40. The Labute approximate surface area is 155 Å². The summed E-state index contributed by atoms with van der Waals surface area (Å²) in [5.41, 5.74) is 1.37. The maximum absolute atomic E-state index is 14.2. The molecule has 1 heterocycles. The average molecular weight is 368 g/mol. The van der Waals surface area contributed by atoms with E-state index in [1.54, 1.807) is 36.5 Å². The second kappa shape index (κ2) is 8.89. The molecule has 0 aliphatic rings. The molecule has 0 aliphatic carbocycles. The van der Waals surface area contributed by atoms with E-state index in [0.717, 1.165) is 5.56 Å². The minimum Gasteiger partial charge on any atom is -0.453 e. The molecular formula is C21H18F2N2O2. The maximum Gasteiger partial charge on any atom is 0.220 e. The quantitative estimate of drug-likeness (QED) is 0.672. The Morgan fingerprint density at radius 3 is 2.67 bits per heavy atom. The molecule has 3 aromatic rings. The number of pyridine rings is 1. The van der Waals surface area contributed by atoms with Crippen molar-refractivity contribution in [2.24, 2.45) is 0 Å². The smallest absolute Gasteiger partial charge is 0.220 e. The molecule has 6 heteroatoms. The average Bonchev–Trinajstić information content (AvgIpc) is 2.67. The third kappa shape index (κ3) is 5.60. The molecular weight excluding hydrogens is 350 g/mol. The van der Waals surface area contributed by atoms with Crippen LogP contribution in [0.2, 0.25) is 0 Å². The number of nitrogens with zero attached hydrogens (tertiary/aromatic N) is 1. The SMILES string of the molecule is O=C(CCc1cccc(F)c1)NCc1ccc(Oc2cccnc2)c(F)c1. The van der Waals surface area contributed by atoms with E-state index in [-0.39, 0.29) is 30.4 Å². The molecule has 0 spiro atoms. The van der Waals surface area contributed by atoms with Crippen LogP contribution in [-0.4, -0.2) is 10.9 Å². The van der Waals surface area contributed by atoms with E-state index >= 15 is 0 Å². The van der Waals surface area contributed by atoms with Crippen molar-refractivity contribution in [3.05, 3.63) is 89.8 Å². The zero-order valence-electron chi connectivity index (χ0n) is 14.5. The number of aromatic nitrogens is 1. The third-order valence-corrected chi connectivity index (χ3v) is 3.88. The Balaban J connectivity index is 1.50. The summed E-state index contributed by atoms with van der Waals surface area (Å²) in [6.45, 7) is 0.200. The van der Waals surface area contributed by atoms with Gasteiger partial charge in [-0.15, -0.1) is 0 Å². The van der Waals surface area contributed by atoms with Gasteiger partial charge in [-0.1, -0.05) is 18.2 Å². The molecule has 3 rings (SSSR count). The molecule has 1 N–H and O–H groups in total. The Bertz CT molecular complexity index is 917. The summed E-state index contributed by atoms with van der Waals surface area (Å²) in [7, 11) is 0. The van der Waals surface area contributed by atoms with Crippen LogP contribution in [0.15, 0.2) is 67.0 Å². The number of carbonyl (C=O) groups excluding carboxylic acids is 1. The van der Waals surface area contributed by atoms with Crippen LogP contribution in [0.4, 0.5) is 8.78 Å². The molecule has 0 atom stereocenters. The Morgan fingerprint density at radius 2 is 1.93 bits per heavy atom. The van der Waals surface area contributed by atoms with Crippen molar-refractivity contribution < 1.29 is 18.3 Å². The highest BCUT2D eigenvalue weighted by atomic mass is 19.1. The standard InChI is InChI=1S/C21H18F2N2O2/c22-17-4-1-3-15(11-17)7-9-21(26)25-13-16-6-8-20(19(23)12-16)27-18-5-2-10-24-14-18/h1-6,8,10-12,14H,7,9,13H2,(H,25,26). The molecule has 0 saturated heterocycles. The van der Waals surface area contributed by atoms with Gasteiger partial charge >= 0.3 is 0 Å². The van der Waals surface area contributed by atoms with Gasteiger partial charge in [-0.05, 0) is 53.9 Å². The van der Waals surface area contributed by atoms with Gasteiger partial charge in [-0.25, -0.2) is 8.78 Å². The molecule has 0 bridgehead atoms. The fourth-order valence-corrected chi connectivity index (χ4v) is 2.51. The van der Waals surface area contributed by atoms with Crippen molar-refractivity contribution >= 4 is 5.91 Å². The number of rotatable bonds is 7. The molecule has 0 saturated carbocycles. The summed E-state index contributed by atoms with van der Waals surface area (Å²) < 4.78 is 32.7. The first-order valence-electron chi connectivity index (χ1n) is 8.47. The van der Waals surface area contributed by atoms with E-state index in [2.05, 4.69) is 10.3 Å². The van der Waals surface area contributed by atoms with Crippen molar-refractivity contribution in [3.63, 3.8) is 0 Å². The maximum atomic E-state index is 14.2. The minimum atomic E-state index is -0.523. The lowest BCUT2D eigenvalue weighted by Gasteiger charge is -2.09. The highest BCUT2D eigenvalue weighted by Crippen LogP contribution is 2.24. The van der Waals surface area contributed by atoms with Gasteiger partial charge in [0.25, 0.3) is 0 Å². The van der Waals surface area contributed by atoms with Gasteiger partial charge in [0.2, 0.25) is 5.91 Å². The van der Waals surface area contributed by atoms with E-state index in [1.807, 2.05) is 0 Å². The van der Waals surface area contributed by atoms with Crippen LogP contribution < -0.4 is 10.1 Å². The normalized spacial score (nSPS) is 10.4. The molecule has 1 aromatic heterocycles. The van der Waals surface area contributed by atoms with Crippen LogP contribution in [0.5, 0.6) is 11.5 Å². The van der Waals surface area contributed by atoms with E-state index in [1.165, 1.54) is 30.5 Å². The first kappa shape index (κ1) is 18.5. The van der Waals surface area contributed by atoms with Gasteiger partial charge in [-0.2, -0.15) is 0 Å². The number of hydrogen-bond acceptors (Lipinski definition) is 3. The molecule has 0 radical (unpaired) electrons. The van der Waals surface area contributed by atoms with Crippen LogP contribution in [0.3, 0.4) is 0 Å². The number of ether oxygens (including phenoxy) is 1. The lowest BCUT2D eigenvalue weighted by molar-refractivity contribution is -0.121. The Morgan fingerprint density at radius 1 is 1.04 bits per heavy atom. The van der Waals surface area contributed by atoms with Crippen LogP contribution in [-0.2, 0) is 17.8 Å². The van der Waals surface area contributed by atoms with Crippen molar-refractivity contribution in [3.8, 4) is 11.5 Å². The number of carbonyl (C=O) groups is 1. The van der Waals surface area contributed by atoms with Gasteiger partial charge in [0.1, 0.15) is 11.6 Å². The molecule has 0 aliphatic heterocycles. The second-order valence-corrected chi connectivity index (χ2v) is 5.96. The van der Waals surface area contributed by atoms with Crippen molar-refractivity contribution in [1.29, 1.82) is 0 Å². The number of benzene rings is 2. The molecule has 1 amide bonds. The molecule has 2 aromatic carbocycles. The van der Waals surface area contributed by atoms with Crippen LogP contribution >= 0.6 is 0 Å². The fraction of sp³-hybridized carbons (Fsp3) is 0.143. The first-order valence-corrected chi connectivity index (χ1v) is 8.47. The van der Waals surface area contributed by atoms with Crippen molar-refractivity contribution in [1.82, 2.24) is 10.3 Å². The van der Waals surface area contributed by atoms with E-state index in [4.69, 9.17) is 4.74 Å². The number of nitrogens with one attached hydrogen (secondary N) is 1. The topological polar surface area (TPSA) is 51.2 Å². The zero-order chi connectivity index (χ0) is 19.1. The Hall–Kier alpha value is -3.28. The van der Waals surface area contributed by atoms with E-state index in [9.17, 15) is 13.6 Å². The van der Waals surface area contributed by atoms with Crippen LogP contribution in [0.25, 0.3) is 0 Å². The number of amides is 1. The van der Waals surface area contributed by atoms with E-state index in [0.29, 0.717) is 17.7 Å². The van der Waals surface area contributed by atoms with Crippen molar-refractivity contribution in [2.75, 3.05) is 0 Å². The number of halogens is 2. The van der Waals surface area contributed by atoms with Gasteiger partial charge < -0.3 is 10.1 Å². The number of aryl methyl sites for hydroxylation is 1. The van der Waals surface area contributed by atoms with Crippen LogP contribution in [0.1, 0.15) is 17.5 Å². The molecule has 27 heavy (non-hydrogen) atoms. The third-order valence-electron chi connectivity index (χ3n) is 3.88. The molecule has 0 fully saturated rings. The van der Waals surface area contributed by atoms with Gasteiger partial charge in [0.15, 0.2) is 11.6 Å². The first-order chi connectivity index (χ1) is 13.1. The summed E-state index contributed by atoms with van der Waals surface area (Å²) in [6, 6.07) is 14.0. The zero-order valence-corrected chi connectivity index (χ0v) is 14.5. The van der Waals surface area contributed by atoms with Gasteiger partial charge in [0.05, 0.1) is 6.20 Å². The van der Waals surface area contributed by atoms with Crippen molar-refractivity contribution in [2.45, 2.75) is 19.4 Å². The summed E-state index contributed by atoms with van der Waals surface area (Å²) >= 11 is 0. The number of hydrogen-bond donors (Lipinski definition) is 1. The van der Waals surface area contributed by atoms with Gasteiger partial charge in [0, 0.05) is 19.2 Å². The molecule has 0 unspecified atom stereocenters. The fourth-order valence-electron chi connectivity index (χ4n) is 2.51. The largest absolute Gasteiger partial charge is 0.453 e. The predicted molar refractivity (Wildman–Crippen MR) is 97.3 cm³/mol. The molecule has 138 valence electrons. The lowest BCUT2D eigenvalue weighted by atomic mass is 10.1. The van der Waals surface area contributed by atoms with Crippen LogP contribution in [0, 0.1) is 11.6 Å². The summed E-state index contributed by atoms with van der Waals surface area (Å²) in [5.74, 6) is -0.503.